The van der Waals surface area contributed by atoms with Crippen LogP contribution in [0.5, 0.6) is 0 Å². The van der Waals surface area contributed by atoms with Gasteiger partial charge in [0.1, 0.15) is 0 Å². The quantitative estimate of drug-likeness (QED) is 0.278. The Morgan fingerprint density at radius 2 is 1.94 bits per heavy atom. The van der Waals surface area contributed by atoms with Crippen molar-refractivity contribution in [1.82, 2.24) is 25.1 Å². The molecule has 0 aliphatic rings. The van der Waals surface area contributed by atoms with E-state index in [1.807, 2.05) is 47.9 Å². The van der Waals surface area contributed by atoms with Crippen molar-refractivity contribution in [2.45, 2.75) is 25.2 Å². The maximum Gasteiger partial charge on any atom is 0.251 e. The molecule has 0 fully saturated rings. The number of carbonyl (C=O) groups excluding carboxylic acids is 2. The fraction of sp³-hybridized carbons (Fsp3) is 0.174. The van der Waals surface area contributed by atoms with Crippen LogP contribution in [0.15, 0.2) is 66.3 Å². The van der Waals surface area contributed by atoms with E-state index in [4.69, 9.17) is 0 Å². The molecule has 0 saturated heterocycles. The van der Waals surface area contributed by atoms with Gasteiger partial charge >= 0.3 is 0 Å². The molecule has 0 saturated carbocycles. The van der Waals surface area contributed by atoms with Crippen molar-refractivity contribution in [2.24, 2.45) is 0 Å². The van der Waals surface area contributed by atoms with E-state index in [0.717, 1.165) is 15.8 Å². The van der Waals surface area contributed by atoms with Crippen molar-refractivity contribution in [3.63, 3.8) is 0 Å². The van der Waals surface area contributed by atoms with E-state index < -0.39 is 0 Å². The fourth-order valence-electron chi connectivity index (χ4n) is 3.05. The number of aryl methyl sites for hydroxylation is 1. The van der Waals surface area contributed by atoms with Crippen molar-refractivity contribution in [3.05, 3.63) is 78.1 Å². The molecule has 0 radical (unpaired) electrons. The van der Waals surface area contributed by atoms with Crippen LogP contribution in [-0.4, -0.2) is 37.3 Å². The minimum absolute atomic E-state index is 0.154. The number of thioether (sulfide) groups is 1. The van der Waals surface area contributed by atoms with E-state index in [9.17, 15) is 9.59 Å². The Bertz CT molecular complexity index is 1260. The minimum Gasteiger partial charge on any atom is -0.345 e. The van der Waals surface area contributed by atoms with E-state index in [1.54, 1.807) is 18.2 Å². The third-order valence-corrected chi connectivity index (χ3v) is 6.62. The number of nitrogens with one attached hydrogen (secondary N) is 2. The molecular formula is C23H22N6O2S2. The van der Waals surface area contributed by atoms with E-state index in [0.29, 0.717) is 28.2 Å². The topological polar surface area (TPSA) is 102 Å². The van der Waals surface area contributed by atoms with Gasteiger partial charge in [-0.1, -0.05) is 59.0 Å². The number of rotatable bonds is 9. The Kier molecular flexibility index (Phi) is 7.16. The minimum atomic E-state index is -0.187. The molecule has 2 aromatic carbocycles. The Morgan fingerprint density at radius 1 is 1.15 bits per heavy atom. The zero-order chi connectivity index (χ0) is 23.2. The Balaban J connectivity index is 1.36. The summed E-state index contributed by atoms with van der Waals surface area (Å²) in [6, 6.07) is 15.1. The average Bonchev–Trinajstić information content (AvgIpc) is 3.40. The summed E-state index contributed by atoms with van der Waals surface area (Å²) in [5.41, 5.74) is 2.52. The summed E-state index contributed by atoms with van der Waals surface area (Å²) < 4.78 is 2.85. The highest BCUT2D eigenvalue weighted by molar-refractivity contribution is 7.99. The fourth-order valence-corrected chi connectivity index (χ4v) is 4.70. The number of hydrogen-bond acceptors (Lipinski definition) is 7. The molecule has 0 bridgehead atoms. The van der Waals surface area contributed by atoms with Gasteiger partial charge in [-0.2, -0.15) is 0 Å². The van der Waals surface area contributed by atoms with Crippen LogP contribution in [0.1, 0.15) is 21.7 Å². The third kappa shape index (κ3) is 5.65. The van der Waals surface area contributed by atoms with Crippen LogP contribution < -0.4 is 10.6 Å². The summed E-state index contributed by atoms with van der Waals surface area (Å²) in [7, 11) is 0. The van der Waals surface area contributed by atoms with Crippen LogP contribution in [-0.2, 0) is 17.9 Å². The number of carbonyl (C=O) groups is 2. The van der Waals surface area contributed by atoms with Crippen molar-refractivity contribution in [1.29, 1.82) is 0 Å². The second-order valence-electron chi connectivity index (χ2n) is 7.17. The normalized spacial score (nSPS) is 10.8. The molecule has 0 unspecified atom stereocenters. The van der Waals surface area contributed by atoms with Gasteiger partial charge in [0.2, 0.25) is 5.91 Å². The molecule has 8 nitrogen and oxygen atoms in total. The summed E-state index contributed by atoms with van der Waals surface area (Å²) in [5.74, 6) is 0.374. The lowest BCUT2D eigenvalue weighted by atomic mass is 10.1. The van der Waals surface area contributed by atoms with Crippen molar-refractivity contribution < 1.29 is 9.59 Å². The Labute approximate surface area is 199 Å². The standard InChI is InChI=1S/C23H22N6O2S2/c1-3-12-29-19(13-24-21(31)16-10-8-15(2)9-11-16)27-28-23(29)32-14-20(30)26-22-25-17-6-4-5-7-18(17)33-22/h3-11H,1,12-14H2,2H3,(H,24,31)(H,25,26,30). The lowest BCUT2D eigenvalue weighted by Gasteiger charge is -2.09. The van der Waals surface area contributed by atoms with Crippen LogP contribution >= 0.6 is 23.1 Å². The number of hydrogen-bond donors (Lipinski definition) is 2. The highest BCUT2D eigenvalue weighted by atomic mass is 32.2. The van der Waals surface area contributed by atoms with Crippen molar-refractivity contribution in [2.75, 3.05) is 11.1 Å². The highest BCUT2D eigenvalue weighted by Gasteiger charge is 2.15. The first-order chi connectivity index (χ1) is 16.0. The smallest absolute Gasteiger partial charge is 0.251 e. The second-order valence-corrected chi connectivity index (χ2v) is 9.14. The van der Waals surface area contributed by atoms with Crippen LogP contribution in [0.2, 0.25) is 0 Å². The van der Waals surface area contributed by atoms with E-state index >= 15 is 0 Å². The number of fused-ring (bicyclic) bond motifs is 1. The SMILES string of the molecule is C=CCn1c(CNC(=O)c2ccc(C)cc2)nnc1SCC(=O)Nc1nc2ccccc2s1. The first-order valence-corrected chi connectivity index (χ1v) is 12.0. The first kappa shape index (κ1) is 22.7. The molecule has 0 spiro atoms. The number of aromatic nitrogens is 4. The van der Waals surface area contributed by atoms with E-state index in [1.165, 1.54) is 23.1 Å². The molecule has 33 heavy (non-hydrogen) atoms. The van der Waals surface area contributed by atoms with E-state index in [2.05, 4.69) is 32.4 Å². The first-order valence-electron chi connectivity index (χ1n) is 10.2. The Morgan fingerprint density at radius 3 is 2.70 bits per heavy atom. The maximum absolute atomic E-state index is 12.4. The van der Waals surface area contributed by atoms with Crippen LogP contribution in [0.25, 0.3) is 10.2 Å². The summed E-state index contributed by atoms with van der Waals surface area (Å²) in [5, 5.41) is 15.2. The maximum atomic E-state index is 12.4. The number of thiazole rings is 1. The lowest BCUT2D eigenvalue weighted by Crippen LogP contribution is -2.24. The number of anilines is 1. The van der Waals surface area contributed by atoms with E-state index in [-0.39, 0.29) is 24.1 Å². The predicted octanol–water partition coefficient (Wildman–Crippen LogP) is 4.04. The van der Waals surface area contributed by atoms with Crippen LogP contribution in [0, 0.1) is 6.92 Å². The number of nitrogens with zero attached hydrogens (tertiary/aromatic N) is 4. The summed E-state index contributed by atoms with van der Waals surface area (Å²) in [6.07, 6.45) is 1.72. The van der Waals surface area contributed by atoms with Gasteiger partial charge in [0, 0.05) is 12.1 Å². The molecular weight excluding hydrogens is 456 g/mol. The lowest BCUT2D eigenvalue weighted by molar-refractivity contribution is -0.113. The van der Waals surface area contributed by atoms with Gasteiger partial charge in [0.05, 0.1) is 22.5 Å². The zero-order valence-electron chi connectivity index (χ0n) is 17.9. The van der Waals surface area contributed by atoms with Gasteiger partial charge < -0.3 is 15.2 Å². The van der Waals surface area contributed by atoms with Crippen molar-refractivity contribution in [3.8, 4) is 0 Å². The van der Waals surface area contributed by atoms with Gasteiger partial charge in [-0.05, 0) is 31.2 Å². The molecule has 2 aromatic heterocycles. The molecule has 4 aromatic rings. The van der Waals surface area contributed by atoms with Crippen LogP contribution in [0.4, 0.5) is 5.13 Å². The number of amides is 2. The van der Waals surface area contributed by atoms with Gasteiger partial charge in [0.15, 0.2) is 16.1 Å². The second kappa shape index (κ2) is 10.4. The predicted molar refractivity (Wildman–Crippen MR) is 132 cm³/mol. The Hall–Kier alpha value is -3.50. The number of benzene rings is 2. The molecule has 2 amide bonds. The molecule has 2 N–H and O–H groups in total. The van der Waals surface area contributed by atoms with Gasteiger partial charge in [-0.25, -0.2) is 4.98 Å². The third-order valence-electron chi connectivity index (χ3n) is 4.70. The monoisotopic (exact) mass is 478 g/mol. The number of para-hydroxylation sites is 1. The summed E-state index contributed by atoms with van der Waals surface area (Å²) >= 11 is 2.70. The highest BCUT2D eigenvalue weighted by Crippen LogP contribution is 2.26. The number of allylic oxidation sites excluding steroid dienone is 1. The van der Waals surface area contributed by atoms with Gasteiger partial charge in [0.25, 0.3) is 5.91 Å². The summed E-state index contributed by atoms with van der Waals surface area (Å²) in [6.45, 7) is 6.43. The molecule has 0 aliphatic heterocycles. The largest absolute Gasteiger partial charge is 0.345 e. The zero-order valence-corrected chi connectivity index (χ0v) is 19.6. The van der Waals surface area contributed by atoms with Gasteiger partial charge in [-0.3, -0.25) is 9.59 Å². The molecule has 0 aliphatic carbocycles. The van der Waals surface area contributed by atoms with Gasteiger partial charge in [-0.15, -0.1) is 16.8 Å². The molecule has 0 atom stereocenters. The molecule has 4 rings (SSSR count). The summed E-state index contributed by atoms with van der Waals surface area (Å²) in [4.78, 5) is 29.3. The molecule has 168 valence electrons. The van der Waals surface area contributed by atoms with Crippen molar-refractivity contribution >= 4 is 50.3 Å². The average molecular weight is 479 g/mol. The molecule has 2 heterocycles. The van der Waals surface area contributed by atoms with Crippen LogP contribution in [0.3, 0.4) is 0 Å². The molecule has 10 heteroatoms.